The molecule has 1 aromatic rings. The number of aryl methyl sites for hydroxylation is 1. The maximum Gasteiger partial charge on any atom is 0.0938 e. The predicted molar refractivity (Wildman–Crippen MR) is 61.4 cm³/mol. The van der Waals surface area contributed by atoms with Crippen LogP contribution in [0, 0.1) is 0 Å². The summed E-state index contributed by atoms with van der Waals surface area (Å²) in [5.74, 6) is 0.732. The van der Waals surface area contributed by atoms with Gasteiger partial charge in [0, 0.05) is 6.42 Å². The molecule has 0 heterocycles. The first-order valence-electron chi connectivity index (χ1n) is 5.13. The molecule has 14 heavy (non-hydrogen) atoms. The highest BCUT2D eigenvalue weighted by molar-refractivity contribution is 5.79. The summed E-state index contributed by atoms with van der Waals surface area (Å²) in [6.07, 6.45) is 1.88. The van der Waals surface area contributed by atoms with Crippen molar-refractivity contribution in [1.82, 2.24) is 0 Å². The monoisotopic (exact) mass is 190 g/mol. The van der Waals surface area contributed by atoms with Gasteiger partial charge in [0.2, 0.25) is 0 Å². The first-order chi connectivity index (χ1) is 6.77. The summed E-state index contributed by atoms with van der Waals surface area (Å²) in [7, 11) is 0. The summed E-state index contributed by atoms with van der Waals surface area (Å²) in [6.45, 7) is 4.89. The molecule has 0 aromatic heterocycles. The Morgan fingerprint density at radius 1 is 1.21 bits per heavy atom. The van der Waals surface area contributed by atoms with Crippen molar-refractivity contribution in [1.29, 1.82) is 0 Å². The lowest BCUT2D eigenvalue weighted by atomic mass is 10.1. The molecule has 0 aliphatic heterocycles. The number of nitrogens with zero attached hydrogens (tertiary/aromatic N) is 1. The highest BCUT2D eigenvalue weighted by Crippen LogP contribution is 2.10. The fourth-order valence-electron chi connectivity index (χ4n) is 1.36. The van der Waals surface area contributed by atoms with E-state index < -0.39 is 0 Å². The molecule has 2 N–H and O–H groups in total. The van der Waals surface area contributed by atoms with Crippen LogP contribution in [-0.4, -0.2) is 5.84 Å². The van der Waals surface area contributed by atoms with Crippen molar-refractivity contribution in [3.63, 3.8) is 0 Å². The van der Waals surface area contributed by atoms with Gasteiger partial charge in [-0.1, -0.05) is 38.1 Å². The average molecular weight is 190 g/mol. The Morgan fingerprint density at radius 2 is 1.86 bits per heavy atom. The van der Waals surface area contributed by atoms with Gasteiger partial charge in [-0.25, -0.2) is 0 Å². The molecular weight excluding hydrogens is 172 g/mol. The van der Waals surface area contributed by atoms with Crippen LogP contribution < -0.4 is 5.73 Å². The molecule has 2 nitrogen and oxygen atoms in total. The van der Waals surface area contributed by atoms with Gasteiger partial charge in [0.05, 0.1) is 12.4 Å². The summed E-state index contributed by atoms with van der Waals surface area (Å²) >= 11 is 0. The Kier molecular flexibility index (Phi) is 4.17. The third kappa shape index (κ3) is 2.87. The standard InChI is InChI=1S/C12H18N2/c1-3-10-7-5-6-8-11(10)9-14-12(13)4-2/h5-8H,3-4,9H2,1-2H3,(H2,13,14). The molecular formula is C12H18N2. The van der Waals surface area contributed by atoms with Gasteiger partial charge in [0.1, 0.15) is 0 Å². The molecule has 0 aliphatic rings. The van der Waals surface area contributed by atoms with E-state index >= 15 is 0 Å². The van der Waals surface area contributed by atoms with Crippen LogP contribution >= 0.6 is 0 Å². The van der Waals surface area contributed by atoms with Gasteiger partial charge in [-0.3, -0.25) is 4.99 Å². The summed E-state index contributed by atoms with van der Waals surface area (Å²) in [5, 5.41) is 0. The molecule has 76 valence electrons. The fraction of sp³-hybridized carbons (Fsp3) is 0.417. The van der Waals surface area contributed by atoms with E-state index in [1.165, 1.54) is 11.1 Å². The van der Waals surface area contributed by atoms with E-state index in [1.54, 1.807) is 0 Å². The van der Waals surface area contributed by atoms with Gasteiger partial charge in [-0.05, 0) is 17.5 Å². The van der Waals surface area contributed by atoms with Gasteiger partial charge in [0.25, 0.3) is 0 Å². The van der Waals surface area contributed by atoms with E-state index in [1.807, 2.05) is 13.0 Å². The molecule has 0 saturated heterocycles. The van der Waals surface area contributed by atoms with Crippen LogP contribution in [0.25, 0.3) is 0 Å². The summed E-state index contributed by atoms with van der Waals surface area (Å²) in [5.41, 5.74) is 8.31. The minimum Gasteiger partial charge on any atom is -0.387 e. The van der Waals surface area contributed by atoms with Gasteiger partial charge in [-0.2, -0.15) is 0 Å². The van der Waals surface area contributed by atoms with Crippen molar-refractivity contribution in [2.75, 3.05) is 0 Å². The normalized spacial score (nSPS) is 11.7. The fourth-order valence-corrected chi connectivity index (χ4v) is 1.36. The lowest BCUT2D eigenvalue weighted by Crippen LogP contribution is -2.10. The van der Waals surface area contributed by atoms with Gasteiger partial charge >= 0.3 is 0 Å². The third-order valence-corrected chi connectivity index (χ3v) is 2.31. The number of hydrogen-bond donors (Lipinski definition) is 1. The second-order valence-electron chi connectivity index (χ2n) is 3.28. The van der Waals surface area contributed by atoms with Crippen LogP contribution in [0.2, 0.25) is 0 Å². The summed E-state index contributed by atoms with van der Waals surface area (Å²) < 4.78 is 0. The van der Waals surface area contributed by atoms with Gasteiger partial charge < -0.3 is 5.73 Å². The van der Waals surface area contributed by atoms with E-state index in [0.717, 1.165) is 18.7 Å². The smallest absolute Gasteiger partial charge is 0.0938 e. The van der Waals surface area contributed by atoms with Crippen LogP contribution in [0.5, 0.6) is 0 Å². The summed E-state index contributed by atoms with van der Waals surface area (Å²) in [6, 6.07) is 8.37. The molecule has 0 radical (unpaired) electrons. The van der Waals surface area contributed by atoms with Crippen LogP contribution in [0.4, 0.5) is 0 Å². The van der Waals surface area contributed by atoms with Crippen molar-refractivity contribution in [3.8, 4) is 0 Å². The van der Waals surface area contributed by atoms with Crippen LogP contribution in [0.3, 0.4) is 0 Å². The first-order valence-corrected chi connectivity index (χ1v) is 5.13. The molecule has 0 atom stereocenters. The van der Waals surface area contributed by atoms with Crippen LogP contribution in [0.1, 0.15) is 31.4 Å². The molecule has 0 bridgehead atoms. The summed E-state index contributed by atoms with van der Waals surface area (Å²) in [4.78, 5) is 4.32. The van der Waals surface area contributed by atoms with E-state index in [2.05, 4.69) is 30.1 Å². The second-order valence-corrected chi connectivity index (χ2v) is 3.28. The number of nitrogens with two attached hydrogens (primary N) is 1. The number of rotatable bonds is 4. The van der Waals surface area contributed by atoms with Crippen LogP contribution in [-0.2, 0) is 13.0 Å². The molecule has 1 rings (SSSR count). The highest BCUT2D eigenvalue weighted by Gasteiger charge is 1.97. The van der Waals surface area contributed by atoms with Crippen molar-refractivity contribution < 1.29 is 0 Å². The molecule has 1 aromatic carbocycles. The molecule has 0 unspecified atom stereocenters. The zero-order valence-corrected chi connectivity index (χ0v) is 8.96. The quantitative estimate of drug-likeness (QED) is 0.575. The van der Waals surface area contributed by atoms with Crippen LogP contribution in [0.15, 0.2) is 29.3 Å². The topological polar surface area (TPSA) is 38.4 Å². The number of benzene rings is 1. The number of amidine groups is 1. The molecule has 0 saturated carbocycles. The van der Waals surface area contributed by atoms with E-state index in [9.17, 15) is 0 Å². The Labute approximate surface area is 85.9 Å². The zero-order valence-electron chi connectivity index (χ0n) is 8.96. The van der Waals surface area contributed by atoms with Crippen molar-refractivity contribution in [3.05, 3.63) is 35.4 Å². The second kappa shape index (κ2) is 5.43. The number of hydrogen-bond acceptors (Lipinski definition) is 1. The minimum atomic E-state index is 0.712. The highest BCUT2D eigenvalue weighted by atomic mass is 14.8. The Bertz CT molecular complexity index is 316. The zero-order chi connectivity index (χ0) is 10.4. The van der Waals surface area contributed by atoms with E-state index in [0.29, 0.717) is 6.54 Å². The molecule has 0 fully saturated rings. The number of aliphatic imine (C=N–C) groups is 1. The molecule has 0 amide bonds. The Hall–Kier alpha value is -1.31. The lowest BCUT2D eigenvalue weighted by Gasteiger charge is -2.04. The van der Waals surface area contributed by atoms with Crippen molar-refractivity contribution in [2.24, 2.45) is 10.7 Å². The maximum atomic E-state index is 5.66. The van der Waals surface area contributed by atoms with E-state index in [4.69, 9.17) is 5.73 Å². The Morgan fingerprint density at radius 3 is 2.43 bits per heavy atom. The largest absolute Gasteiger partial charge is 0.387 e. The van der Waals surface area contributed by atoms with Gasteiger partial charge in [-0.15, -0.1) is 0 Å². The molecule has 0 spiro atoms. The molecule has 2 heteroatoms. The SMILES string of the molecule is CCC(N)=NCc1ccccc1CC. The molecule has 0 aliphatic carbocycles. The van der Waals surface area contributed by atoms with Crippen molar-refractivity contribution in [2.45, 2.75) is 33.2 Å². The predicted octanol–water partition coefficient (Wildman–Crippen LogP) is 2.52. The van der Waals surface area contributed by atoms with E-state index in [-0.39, 0.29) is 0 Å². The Balaban J connectivity index is 2.76. The first kappa shape index (κ1) is 10.8. The average Bonchev–Trinajstić information content (AvgIpc) is 2.26. The minimum absolute atomic E-state index is 0.712. The van der Waals surface area contributed by atoms with Gasteiger partial charge in [0.15, 0.2) is 0 Å². The maximum absolute atomic E-state index is 5.66. The third-order valence-electron chi connectivity index (χ3n) is 2.31. The van der Waals surface area contributed by atoms with Crippen molar-refractivity contribution >= 4 is 5.84 Å². The lowest BCUT2D eigenvalue weighted by molar-refractivity contribution is 0.988.